The second-order valence-corrected chi connectivity index (χ2v) is 5.70. The normalized spacial score (nSPS) is 10.6. The molecule has 2 aromatic carbocycles. The maximum atomic E-state index is 14.0. The number of nitrogens with zero attached hydrogens (tertiary/aromatic N) is 1. The quantitative estimate of drug-likeness (QED) is 0.493. The van der Waals surface area contributed by atoms with Gasteiger partial charge in [-0.15, -0.1) is 0 Å². The van der Waals surface area contributed by atoms with E-state index >= 15 is 0 Å². The Morgan fingerprint density at radius 1 is 0.964 bits per heavy atom. The highest BCUT2D eigenvalue weighted by atomic mass is 19.2. The van der Waals surface area contributed by atoms with Crippen molar-refractivity contribution in [2.75, 3.05) is 5.32 Å². The van der Waals surface area contributed by atoms with Gasteiger partial charge >= 0.3 is 0 Å². The second-order valence-electron chi connectivity index (χ2n) is 5.70. The number of ether oxygens (including phenoxy) is 1. The molecule has 144 valence electrons. The van der Waals surface area contributed by atoms with Crippen LogP contribution in [0.4, 0.5) is 27.6 Å². The standard InChI is InChI=1S/C19H11F5N2O2/c1-9-17(23)14(22)6-16(18(9)24)28-12-4-10(7-25-8-12)19(27)26-15-3-2-11(20)5-13(15)21/h2-8H,1H3,(H,26,27). The van der Waals surface area contributed by atoms with E-state index in [9.17, 15) is 26.7 Å². The Morgan fingerprint density at radius 3 is 2.43 bits per heavy atom. The summed E-state index contributed by atoms with van der Waals surface area (Å²) in [7, 11) is 0. The van der Waals surface area contributed by atoms with Crippen LogP contribution in [0, 0.1) is 36.0 Å². The van der Waals surface area contributed by atoms with E-state index in [1.165, 1.54) is 0 Å². The summed E-state index contributed by atoms with van der Waals surface area (Å²) in [5.74, 6) is -7.08. The van der Waals surface area contributed by atoms with Gasteiger partial charge in [0.25, 0.3) is 5.91 Å². The first-order valence-electron chi connectivity index (χ1n) is 7.79. The maximum absolute atomic E-state index is 14.0. The third-order valence-electron chi connectivity index (χ3n) is 3.72. The van der Waals surface area contributed by atoms with Crippen molar-refractivity contribution < 1.29 is 31.5 Å². The highest BCUT2D eigenvalue weighted by Crippen LogP contribution is 2.29. The minimum Gasteiger partial charge on any atom is -0.453 e. The van der Waals surface area contributed by atoms with Crippen LogP contribution in [0.1, 0.15) is 15.9 Å². The van der Waals surface area contributed by atoms with Gasteiger partial charge in [0.05, 0.1) is 17.4 Å². The van der Waals surface area contributed by atoms with Crippen LogP contribution >= 0.6 is 0 Å². The van der Waals surface area contributed by atoms with Gasteiger partial charge in [0.1, 0.15) is 17.4 Å². The molecule has 0 fully saturated rings. The molecule has 0 saturated heterocycles. The first-order chi connectivity index (χ1) is 13.3. The molecule has 28 heavy (non-hydrogen) atoms. The number of nitrogens with one attached hydrogen (secondary N) is 1. The zero-order chi connectivity index (χ0) is 20.4. The molecule has 1 heterocycles. The van der Waals surface area contributed by atoms with Gasteiger partial charge in [0, 0.05) is 23.9 Å². The van der Waals surface area contributed by atoms with Crippen LogP contribution in [-0.4, -0.2) is 10.9 Å². The summed E-state index contributed by atoms with van der Waals surface area (Å²) < 4.78 is 72.6. The van der Waals surface area contributed by atoms with E-state index in [1.54, 1.807) is 0 Å². The minimum atomic E-state index is -1.34. The molecule has 0 atom stereocenters. The van der Waals surface area contributed by atoms with Gasteiger partial charge in [-0.2, -0.15) is 0 Å². The third kappa shape index (κ3) is 3.93. The third-order valence-corrected chi connectivity index (χ3v) is 3.72. The van der Waals surface area contributed by atoms with Crippen molar-refractivity contribution >= 4 is 11.6 Å². The van der Waals surface area contributed by atoms with Crippen LogP contribution in [0.5, 0.6) is 11.5 Å². The molecular formula is C19H11F5N2O2. The van der Waals surface area contributed by atoms with Crippen molar-refractivity contribution in [3.63, 3.8) is 0 Å². The molecule has 4 nitrogen and oxygen atoms in total. The molecule has 1 N–H and O–H groups in total. The SMILES string of the molecule is Cc1c(F)c(F)cc(Oc2cncc(C(=O)Nc3ccc(F)cc3F)c2)c1F. The van der Waals surface area contributed by atoms with Gasteiger partial charge in [0.2, 0.25) is 0 Å². The molecule has 1 amide bonds. The molecule has 1 aromatic heterocycles. The largest absolute Gasteiger partial charge is 0.453 e. The number of anilines is 1. The Morgan fingerprint density at radius 2 is 1.71 bits per heavy atom. The number of carbonyl (C=O) groups is 1. The van der Waals surface area contributed by atoms with Gasteiger partial charge in [-0.05, 0) is 25.1 Å². The molecule has 3 aromatic rings. The van der Waals surface area contributed by atoms with Crippen molar-refractivity contribution in [1.29, 1.82) is 0 Å². The lowest BCUT2D eigenvalue weighted by Crippen LogP contribution is -2.13. The van der Waals surface area contributed by atoms with E-state index in [0.717, 1.165) is 37.5 Å². The Labute approximate surface area is 155 Å². The molecule has 0 aliphatic heterocycles. The van der Waals surface area contributed by atoms with Crippen LogP contribution < -0.4 is 10.1 Å². The average molecular weight is 394 g/mol. The van der Waals surface area contributed by atoms with Crippen molar-refractivity contribution in [2.45, 2.75) is 6.92 Å². The van der Waals surface area contributed by atoms with E-state index < -0.39 is 46.3 Å². The lowest BCUT2D eigenvalue weighted by atomic mass is 10.2. The number of pyridine rings is 1. The second kappa shape index (κ2) is 7.63. The predicted molar refractivity (Wildman–Crippen MR) is 89.7 cm³/mol. The van der Waals surface area contributed by atoms with E-state index in [-0.39, 0.29) is 17.0 Å². The molecule has 9 heteroatoms. The zero-order valence-electron chi connectivity index (χ0n) is 14.2. The highest BCUT2D eigenvalue weighted by Gasteiger charge is 2.18. The Balaban J connectivity index is 1.84. The van der Waals surface area contributed by atoms with Gasteiger partial charge in [-0.25, -0.2) is 22.0 Å². The fourth-order valence-corrected chi connectivity index (χ4v) is 2.29. The number of carbonyl (C=O) groups excluding carboxylic acids is 1. The molecular weight excluding hydrogens is 383 g/mol. The molecule has 0 spiro atoms. The molecule has 0 aliphatic rings. The Hall–Kier alpha value is -3.49. The fourth-order valence-electron chi connectivity index (χ4n) is 2.29. The average Bonchev–Trinajstić information content (AvgIpc) is 2.66. The van der Waals surface area contributed by atoms with Gasteiger partial charge < -0.3 is 10.1 Å². The van der Waals surface area contributed by atoms with E-state index in [2.05, 4.69) is 10.3 Å². The Kier molecular flexibility index (Phi) is 5.25. The molecule has 0 unspecified atom stereocenters. The Bertz CT molecular complexity index is 1070. The summed E-state index contributed by atoms with van der Waals surface area (Å²) in [6.45, 7) is 1.04. The summed E-state index contributed by atoms with van der Waals surface area (Å²) in [5.41, 5.74) is -0.926. The highest BCUT2D eigenvalue weighted by molar-refractivity contribution is 6.04. The lowest BCUT2D eigenvalue weighted by Gasteiger charge is -2.11. The van der Waals surface area contributed by atoms with Crippen molar-refractivity contribution in [3.8, 4) is 11.5 Å². The number of halogens is 5. The number of amides is 1. The monoisotopic (exact) mass is 394 g/mol. The maximum Gasteiger partial charge on any atom is 0.257 e. The van der Waals surface area contributed by atoms with Crippen molar-refractivity contribution in [2.24, 2.45) is 0 Å². The first kappa shape index (κ1) is 19.3. The summed E-state index contributed by atoms with van der Waals surface area (Å²) in [6.07, 6.45) is 2.24. The fraction of sp³-hybridized carbons (Fsp3) is 0.0526. The van der Waals surface area contributed by atoms with Crippen LogP contribution in [0.15, 0.2) is 42.7 Å². The number of benzene rings is 2. The van der Waals surface area contributed by atoms with Crippen LogP contribution in [0.25, 0.3) is 0 Å². The van der Waals surface area contributed by atoms with Gasteiger partial charge in [-0.1, -0.05) is 0 Å². The van der Waals surface area contributed by atoms with Gasteiger partial charge in [-0.3, -0.25) is 9.78 Å². The predicted octanol–water partition coefficient (Wildman–Crippen LogP) is 5.13. The van der Waals surface area contributed by atoms with Crippen LogP contribution in [-0.2, 0) is 0 Å². The first-order valence-corrected chi connectivity index (χ1v) is 7.79. The molecule has 0 radical (unpaired) electrons. The minimum absolute atomic E-state index is 0.0964. The van der Waals surface area contributed by atoms with E-state index in [4.69, 9.17) is 4.74 Å². The summed E-state index contributed by atoms with van der Waals surface area (Å²) in [6, 6.07) is 4.26. The van der Waals surface area contributed by atoms with E-state index in [1.807, 2.05) is 0 Å². The molecule has 0 saturated carbocycles. The smallest absolute Gasteiger partial charge is 0.257 e. The summed E-state index contributed by atoms with van der Waals surface area (Å²) in [5, 5.41) is 2.22. The molecule has 0 bridgehead atoms. The summed E-state index contributed by atoms with van der Waals surface area (Å²) in [4.78, 5) is 16.0. The number of hydrogen-bond donors (Lipinski definition) is 1. The topological polar surface area (TPSA) is 51.2 Å². The molecule has 3 rings (SSSR count). The van der Waals surface area contributed by atoms with Crippen LogP contribution in [0.3, 0.4) is 0 Å². The number of hydrogen-bond acceptors (Lipinski definition) is 3. The summed E-state index contributed by atoms with van der Waals surface area (Å²) >= 11 is 0. The zero-order valence-corrected chi connectivity index (χ0v) is 14.2. The number of rotatable bonds is 4. The van der Waals surface area contributed by atoms with Crippen LogP contribution in [0.2, 0.25) is 0 Å². The lowest BCUT2D eigenvalue weighted by molar-refractivity contribution is 0.102. The van der Waals surface area contributed by atoms with Gasteiger partial charge in [0.15, 0.2) is 23.2 Å². The number of aromatic nitrogens is 1. The van der Waals surface area contributed by atoms with Crippen molar-refractivity contribution in [3.05, 3.63) is 82.9 Å². The molecule has 0 aliphatic carbocycles. The van der Waals surface area contributed by atoms with Crippen molar-refractivity contribution in [1.82, 2.24) is 4.98 Å². The van der Waals surface area contributed by atoms with E-state index in [0.29, 0.717) is 12.1 Å².